The summed E-state index contributed by atoms with van der Waals surface area (Å²) in [6.07, 6.45) is 2.77. The van der Waals surface area contributed by atoms with E-state index in [9.17, 15) is 19.5 Å². The van der Waals surface area contributed by atoms with Gasteiger partial charge in [-0.15, -0.1) is 0 Å². The van der Waals surface area contributed by atoms with Gasteiger partial charge in [0.15, 0.2) is 0 Å². The number of carbonyl (C=O) groups is 1. The van der Waals surface area contributed by atoms with Gasteiger partial charge in [-0.1, -0.05) is 12.1 Å². The van der Waals surface area contributed by atoms with Crippen molar-refractivity contribution < 1.29 is 9.90 Å². The van der Waals surface area contributed by atoms with E-state index in [2.05, 4.69) is 10.4 Å². The first-order valence-electron chi connectivity index (χ1n) is 8.24. The number of fused-ring (bicyclic) bond motifs is 1. The second-order valence-electron chi connectivity index (χ2n) is 6.27. The van der Waals surface area contributed by atoms with Gasteiger partial charge in [0.25, 0.3) is 11.1 Å². The van der Waals surface area contributed by atoms with Crippen molar-refractivity contribution in [2.45, 2.75) is 50.8 Å². The van der Waals surface area contributed by atoms with Crippen LogP contribution >= 0.6 is 0 Å². The monoisotopic (exact) mass is 331 g/mol. The number of nitrogens with one attached hydrogen (secondary N) is 2. The Labute approximate surface area is 138 Å². The van der Waals surface area contributed by atoms with E-state index in [1.165, 1.54) is 4.68 Å². The lowest BCUT2D eigenvalue weighted by Crippen LogP contribution is -2.39. The first-order valence-corrected chi connectivity index (χ1v) is 8.24. The number of hydrogen-bond donors (Lipinski definition) is 3. The fourth-order valence-corrected chi connectivity index (χ4v) is 3.14. The minimum atomic E-state index is -0.341. The molecule has 0 bridgehead atoms. The highest BCUT2D eigenvalue weighted by Crippen LogP contribution is 2.18. The fraction of sp³-hybridized carbons (Fsp3) is 0.471. The van der Waals surface area contributed by atoms with E-state index >= 15 is 0 Å². The van der Waals surface area contributed by atoms with Crippen LogP contribution in [0.5, 0.6) is 0 Å². The van der Waals surface area contributed by atoms with Crippen molar-refractivity contribution >= 4 is 16.7 Å². The van der Waals surface area contributed by atoms with Gasteiger partial charge < -0.3 is 10.4 Å². The topological polar surface area (TPSA) is 104 Å². The minimum Gasteiger partial charge on any atom is -0.393 e. The zero-order valence-electron chi connectivity index (χ0n) is 13.3. The fourth-order valence-electron chi connectivity index (χ4n) is 3.14. The smallest absolute Gasteiger partial charge is 0.273 e. The molecule has 1 saturated carbocycles. The Morgan fingerprint density at radius 2 is 1.83 bits per heavy atom. The normalized spacial score (nSPS) is 20.9. The number of aliphatic hydroxyl groups excluding tert-OH is 1. The van der Waals surface area contributed by atoms with Gasteiger partial charge in [0, 0.05) is 12.5 Å². The van der Waals surface area contributed by atoms with Crippen molar-refractivity contribution in [3.63, 3.8) is 0 Å². The summed E-state index contributed by atoms with van der Waals surface area (Å²) in [4.78, 5) is 36.4. The minimum absolute atomic E-state index is 0.0771. The van der Waals surface area contributed by atoms with Gasteiger partial charge in [0.05, 0.1) is 23.4 Å². The summed E-state index contributed by atoms with van der Waals surface area (Å²) < 4.78 is 1.19. The van der Waals surface area contributed by atoms with Crippen molar-refractivity contribution in [3.8, 4) is 0 Å². The molecule has 0 unspecified atom stereocenters. The predicted molar refractivity (Wildman–Crippen MR) is 89.9 cm³/mol. The first-order chi connectivity index (χ1) is 11.5. The van der Waals surface area contributed by atoms with Crippen LogP contribution in [0.15, 0.2) is 33.9 Å². The van der Waals surface area contributed by atoms with Gasteiger partial charge in [-0.3, -0.25) is 19.5 Å². The van der Waals surface area contributed by atoms with Gasteiger partial charge in [-0.2, -0.15) is 0 Å². The van der Waals surface area contributed by atoms with Crippen LogP contribution in [0.4, 0.5) is 0 Å². The van der Waals surface area contributed by atoms with E-state index in [1.54, 1.807) is 24.3 Å². The summed E-state index contributed by atoms with van der Waals surface area (Å²) in [6.45, 7) is 0.125. The quantitative estimate of drug-likeness (QED) is 0.759. The zero-order valence-corrected chi connectivity index (χ0v) is 13.3. The Bertz CT molecular complexity index is 847. The lowest BCUT2D eigenvalue weighted by atomic mass is 9.93. The van der Waals surface area contributed by atoms with Crippen molar-refractivity contribution in [2.75, 3.05) is 0 Å². The first kappa shape index (κ1) is 16.4. The van der Waals surface area contributed by atoms with Gasteiger partial charge >= 0.3 is 0 Å². The Morgan fingerprint density at radius 1 is 1.17 bits per heavy atom. The molecule has 1 fully saturated rings. The molecule has 1 aromatic carbocycles. The molecule has 0 aliphatic heterocycles. The number of carbonyl (C=O) groups excluding carboxylic acids is 1. The van der Waals surface area contributed by atoms with E-state index in [4.69, 9.17) is 0 Å². The predicted octanol–water partition coefficient (Wildman–Crippen LogP) is 0.500. The summed E-state index contributed by atoms with van der Waals surface area (Å²) in [5.41, 5.74) is -0.648. The summed E-state index contributed by atoms with van der Waals surface area (Å²) >= 11 is 0. The number of aryl methyl sites for hydroxylation is 1. The average Bonchev–Trinajstić information content (AvgIpc) is 2.59. The molecule has 3 N–H and O–H groups in total. The van der Waals surface area contributed by atoms with Crippen molar-refractivity contribution in [1.29, 1.82) is 0 Å². The van der Waals surface area contributed by atoms with Crippen molar-refractivity contribution in [2.24, 2.45) is 0 Å². The lowest BCUT2D eigenvalue weighted by molar-refractivity contribution is -0.122. The van der Waals surface area contributed by atoms with Gasteiger partial charge in [0.1, 0.15) is 0 Å². The molecular weight excluding hydrogens is 310 g/mol. The maximum Gasteiger partial charge on any atom is 0.273 e. The molecule has 1 aliphatic carbocycles. The number of rotatable bonds is 4. The molecule has 0 saturated heterocycles. The maximum absolute atomic E-state index is 12.4. The van der Waals surface area contributed by atoms with Gasteiger partial charge in [-0.25, -0.2) is 4.68 Å². The molecule has 1 heterocycles. The number of aromatic nitrogens is 2. The number of aromatic amines is 1. The van der Waals surface area contributed by atoms with E-state index in [-0.39, 0.29) is 42.1 Å². The summed E-state index contributed by atoms with van der Waals surface area (Å²) in [5, 5.41) is 15.6. The van der Waals surface area contributed by atoms with Crippen LogP contribution in [0.2, 0.25) is 0 Å². The third kappa shape index (κ3) is 3.56. The SMILES string of the molecule is O=C(CCn1[nH]c(=O)c2ccccc2c1=O)NC1CCC(O)CC1. The summed E-state index contributed by atoms with van der Waals surface area (Å²) in [5.74, 6) is -0.155. The van der Waals surface area contributed by atoms with Crippen molar-refractivity contribution in [3.05, 3.63) is 45.0 Å². The molecular formula is C17H21N3O4. The highest BCUT2D eigenvalue weighted by atomic mass is 16.3. The second kappa shape index (κ2) is 7.00. The number of aliphatic hydroxyl groups is 1. The number of nitrogens with zero attached hydrogens (tertiary/aromatic N) is 1. The van der Waals surface area contributed by atoms with Crippen LogP contribution in [-0.2, 0) is 11.3 Å². The number of hydrogen-bond acceptors (Lipinski definition) is 4. The van der Waals surface area contributed by atoms with Crippen LogP contribution in [0.25, 0.3) is 10.8 Å². The largest absolute Gasteiger partial charge is 0.393 e. The number of H-pyrrole nitrogens is 1. The molecule has 128 valence electrons. The second-order valence-corrected chi connectivity index (χ2v) is 6.27. The molecule has 1 aromatic heterocycles. The lowest BCUT2D eigenvalue weighted by Gasteiger charge is -2.26. The Morgan fingerprint density at radius 3 is 2.54 bits per heavy atom. The Hall–Kier alpha value is -2.41. The van der Waals surface area contributed by atoms with Crippen LogP contribution in [-0.4, -0.2) is 32.9 Å². The van der Waals surface area contributed by atoms with E-state index < -0.39 is 0 Å². The molecule has 1 amide bonds. The molecule has 7 nitrogen and oxygen atoms in total. The summed E-state index contributed by atoms with van der Waals surface area (Å²) in [7, 11) is 0. The van der Waals surface area contributed by atoms with Gasteiger partial charge in [0.2, 0.25) is 5.91 Å². The molecule has 0 atom stereocenters. The van der Waals surface area contributed by atoms with Crippen LogP contribution in [0.1, 0.15) is 32.1 Å². The summed E-state index contributed by atoms with van der Waals surface area (Å²) in [6, 6.07) is 6.70. The van der Waals surface area contributed by atoms with Crippen molar-refractivity contribution in [1.82, 2.24) is 15.1 Å². The molecule has 24 heavy (non-hydrogen) atoms. The Kier molecular flexibility index (Phi) is 4.80. The maximum atomic E-state index is 12.4. The Balaban J connectivity index is 1.65. The highest BCUT2D eigenvalue weighted by Gasteiger charge is 2.20. The zero-order chi connectivity index (χ0) is 17.1. The third-order valence-corrected chi connectivity index (χ3v) is 4.51. The standard InChI is InChI=1S/C17H21N3O4/c21-12-7-5-11(6-8-12)18-15(22)9-10-20-17(24)14-4-2-1-3-13(14)16(23)19-20/h1-4,11-12,21H,5-10H2,(H,18,22)(H,19,23). The third-order valence-electron chi connectivity index (χ3n) is 4.51. The number of amides is 1. The van der Waals surface area contributed by atoms with E-state index in [0.717, 1.165) is 12.8 Å². The molecule has 0 spiro atoms. The van der Waals surface area contributed by atoms with Crippen LogP contribution < -0.4 is 16.4 Å². The van der Waals surface area contributed by atoms with Gasteiger partial charge in [-0.05, 0) is 37.8 Å². The molecule has 1 aliphatic rings. The average molecular weight is 331 g/mol. The highest BCUT2D eigenvalue weighted by molar-refractivity contribution is 5.80. The number of benzene rings is 1. The molecule has 2 aromatic rings. The molecule has 3 rings (SSSR count). The molecule has 7 heteroatoms. The molecule has 0 radical (unpaired) electrons. The van der Waals surface area contributed by atoms with E-state index in [1.807, 2.05) is 0 Å². The van der Waals surface area contributed by atoms with Crippen LogP contribution in [0, 0.1) is 0 Å². The van der Waals surface area contributed by atoms with E-state index in [0.29, 0.717) is 23.6 Å². The van der Waals surface area contributed by atoms with Crippen LogP contribution in [0.3, 0.4) is 0 Å².